The van der Waals surface area contributed by atoms with Gasteiger partial charge in [0.2, 0.25) is 0 Å². The summed E-state index contributed by atoms with van der Waals surface area (Å²) in [5.41, 5.74) is -0.348. The number of hydrogen-bond acceptors (Lipinski definition) is 3. The van der Waals surface area contributed by atoms with Crippen LogP contribution in [0.25, 0.3) is 0 Å². The second kappa shape index (κ2) is 6.11. The third kappa shape index (κ3) is 3.14. The zero-order valence-electron chi connectivity index (χ0n) is 12.6. The van der Waals surface area contributed by atoms with Crippen molar-refractivity contribution in [2.45, 2.75) is 101 Å². The van der Waals surface area contributed by atoms with Crippen molar-refractivity contribution in [3.8, 4) is 0 Å². The Morgan fingerprint density at radius 1 is 0.684 bits per heavy atom. The SMILES string of the molecule is CC(O)C1(NC2(C(C)O)CCCCC2)CCCCC1. The topological polar surface area (TPSA) is 52.5 Å². The summed E-state index contributed by atoms with van der Waals surface area (Å²) in [6.45, 7) is 3.83. The molecule has 2 aliphatic rings. The molecule has 0 amide bonds. The molecule has 2 aliphatic carbocycles. The highest BCUT2D eigenvalue weighted by Crippen LogP contribution is 2.38. The van der Waals surface area contributed by atoms with Crippen LogP contribution in [-0.2, 0) is 0 Å². The van der Waals surface area contributed by atoms with Gasteiger partial charge in [0.15, 0.2) is 0 Å². The molecule has 0 bridgehead atoms. The van der Waals surface area contributed by atoms with Gasteiger partial charge in [0.25, 0.3) is 0 Å². The average Bonchev–Trinajstić information content (AvgIpc) is 2.40. The van der Waals surface area contributed by atoms with E-state index in [0.717, 1.165) is 25.7 Å². The van der Waals surface area contributed by atoms with Crippen LogP contribution in [0.4, 0.5) is 0 Å². The van der Waals surface area contributed by atoms with E-state index in [4.69, 9.17) is 0 Å². The molecule has 0 aromatic heterocycles. The highest BCUT2D eigenvalue weighted by molar-refractivity contribution is 5.05. The van der Waals surface area contributed by atoms with E-state index in [1.54, 1.807) is 0 Å². The van der Waals surface area contributed by atoms with Crippen molar-refractivity contribution in [3.63, 3.8) is 0 Å². The minimum absolute atomic E-state index is 0.174. The highest BCUT2D eigenvalue weighted by atomic mass is 16.3. The van der Waals surface area contributed by atoms with E-state index in [1.165, 1.54) is 38.5 Å². The van der Waals surface area contributed by atoms with E-state index >= 15 is 0 Å². The van der Waals surface area contributed by atoms with E-state index in [9.17, 15) is 10.2 Å². The summed E-state index contributed by atoms with van der Waals surface area (Å²) in [6, 6.07) is 0. The van der Waals surface area contributed by atoms with Crippen LogP contribution in [0.2, 0.25) is 0 Å². The first-order valence-corrected chi connectivity index (χ1v) is 8.16. The van der Waals surface area contributed by atoms with Gasteiger partial charge in [-0.3, -0.25) is 0 Å². The first kappa shape index (κ1) is 15.3. The maximum absolute atomic E-state index is 10.3. The van der Waals surface area contributed by atoms with Crippen LogP contribution < -0.4 is 5.32 Å². The number of nitrogens with one attached hydrogen (secondary N) is 1. The van der Waals surface area contributed by atoms with Crippen molar-refractivity contribution in [2.24, 2.45) is 0 Å². The molecule has 3 heteroatoms. The van der Waals surface area contributed by atoms with Gasteiger partial charge in [-0.25, -0.2) is 0 Å². The minimum Gasteiger partial charge on any atom is -0.391 e. The maximum atomic E-state index is 10.3. The van der Waals surface area contributed by atoms with Crippen LogP contribution in [0.1, 0.15) is 78.1 Å². The van der Waals surface area contributed by atoms with Crippen LogP contribution in [0.5, 0.6) is 0 Å². The minimum atomic E-state index is -0.342. The van der Waals surface area contributed by atoms with E-state index in [2.05, 4.69) is 5.32 Å². The molecule has 0 heterocycles. The number of aliphatic hydroxyl groups excluding tert-OH is 2. The average molecular weight is 269 g/mol. The van der Waals surface area contributed by atoms with Crippen molar-refractivity contribution < 1.29 is 10.2 Å². The van der Waals surface area contributed by atoms with Crippen LogP contribution >= 0.6 is 0 Å². The third-order valence-electron chi connectivity index (χ3n) is 5.59. The van der Waals surface area contributed by atoms with Gasteiger partial charge in [0.05, 0.1) is 12.2 Å². The van der Waals surface area contributed by atoms with Crippen LogP contribution in [0, 0.1) is 0 Å². The zero-order valence-corrected chi connectivity index (χ0v) is 12.6. The summed E-state index contributed by atoms with van der Waals surface area (Å²) in [7, 11) is 0. The number of aliphatic hydroxyl groups is 2. The Kier molecular flexibility index (Phi) is 4.91. The van der Waals surface area contributed by atoms with E-state index in [-0.39, 0.29) is 23.3 Å². The Bertz CT molecular complexity index is 248. The van der Waals surface area contributed by atoms with Crippen molar-refractivity contribution in [1.82, 2.24) is 5.32 Å². The Morgan fingerprint density at radius 2 is 1.00 bits per heavy atom. The first-order valence-electron chi connectivity index (χ1n) is 8.16. The Hall–Kier alpha value is -0.120. The molecule has 19 heavy (non-hydrogen) atoms. The fourth-order valence-electron chi connectivity index (χ4n) is 4.16. The summed E-state index contributed by atoms with van der Waals surface area (Å²) >= 11 is 0. The van der Waals surface area contributed by atoms with Crippen LogP contribution in [0.3, 0.4) is 0 Å². The molecule has 3 nitrogen and oxygen atoms in total. The smallest absolute Gasteiger partial charge is 0.0693 e. The lowest BCUT2D eigenvalue weighted by molar-refractivity contribution is -0.0299. The lowest BCUT2D eigenvalue weighted by Crippen LogP contribution is -2.67. The van der Waals surface area contributed by atoms with Gasteiger partial charge in [-0.15, -0.1) is 0 Å². The van der Waals surface area contributed by atoms with Gasteiger partial charge in [-0.05, 0) is 39.5 Å². The molecule has 2 atom stereocenters. The summed E-state index contributed by atoms with van der Waals surface area (Å²) in [5.74, 6) is 0. The number of rotatable bonds is 4. The standard InChI is InChI=1S/C16H31NO2/c1-13(18)15(9-5-3-6-10-15)17-16(14(2)19)11-7-4-8-12-16/h13-14,17-19H,3-12H2,1-2H3. The van der Waals surface area contributed by atoms with Gasteiger partial charge in [-0.1, -0.05) is 38.5 Å². The molecule has 0 aromatic carbocycles. The summed E-state index contributed by atoms with van der Waals surface area (Å²) in [6.07, 6.45) is 10.8. The molecular weight excluding hydrogens is 238 g/mol. The van der Waals surface area contributed by atoms with Gasteiger partial charge >= 0.3 is 0 Å². The van der Waals surface area contributed by atoms with Crippen molar-refractivity contribution >= 4 is 0 Å². The number of hydrogen-bond donors (Lipinski definition) is 3. The molecule has 0 spiro atoms. The van der Waals surface area contributed by atoms with E-state index in [1.807, 2.05) is 13.8 Å². The molecule has 2 saturated carbocycles. The normalized spacial score (nSPS) is 29.7. The molecule has 3 N–H and O–H groups in total. The first-order chi connectivity index (χ1) is 9.01. The third-order valence-corrected chi connectivity index (χ3v) is 5.59. The lowest BCUT2D eigenvalue weighted by Gasteiger charge is -2.51. The Morgan fingerprint density at radius 3 is 1.26 bits per heavy atom. The predicted molar refractivity (Wildman–Crippen MR) is 78.1 cm³/mol. The van der Waals surface area contributed by atoms with Gasteiger partial charge in [0.1, 0.15) is 0 Å². The quantitative estimate of drug-likeness (QED) is 0.735. The largest absolute Gasteiger partial charge is 0.391 e. The zero-order chi connectivity index (χ0) is 13.9. The van der Waals surface area contributed by atoms with E-state index < -0.39 is 0 Å². The summed E-state index contributed by atoms with van der Waals surface area (Å²) < 4.78 is 0. The van der Waals surface area contributed by atoms with Gasteiger partial charge in [-0.2, -0.15) is 0 Å². The molecule has 0 aliphatic heterocycles. The van der Waals surface area contributed by atoms with Crippen LogP contribution in [-0.4, -0.2) is 33.5 Å². The Labute approximate surface area is 117 Å². The molecule has 0 aromatic rings. The maximum Gasteiger partial charge on any atom is 0.0693 e. The Balaban J connectivity index is 2.17. The molecule has 0 saturated heterocycles. The second-order valence-electron chi connectivity index (χ2n) is 6.91. The highest BCUT2D eigenvalue weighted by Gasteiger charge is 2.46. The fourth-order valence-corrected chi connectivity index (χ4v) is 4.16. The summed E-state index contributed by atoms with van der Waals surface area (Å²) in [5, 5.41) is 24.4. The van der Waals surface area contributed by atoms with Crippen molar-refractivity contribution in [3.05, 3.63) is 0 Å². The van der Waals surface area contributed by atoms with Gasteiger partial charge < -0.3 is 15.5 Å². The van der Waals surface area contributed by atoms with Crippen LogP contribution in [0.15, 0.2) is 0 Å². The monoisotopic (exact) mass is 269 g/mol. The second-order valence-corrected chi connectivity index (χ2v) is 6.91. The predicted octanol–water partition coefficient (Wildman–Crippen LogP) is 2.74. The fraction of sp³-hybridized carbons (Fsp3) is 1.00. The lowest BCUT2D eigenvalue weighted by atomic mass is 9.71. The van der Waals surface area contributed by atoms with Crippen molar-refractivity contribution in [2.75, 3.05) is 0 Å². The molecule has 2 rings (SSSR count). The molecule has 0 radical (unpaired) electrons. The molecule has 2 fully saturated rings. The van der Waals surface area contributed by atoms with E-state index in [0.29, 0.717) is 0 Å². The van der Waals surface area contributed by atoms with Crippen molar-refractivity contribution in [1.29, 1.82) is 0 Å². The molecule has 2 unspecified atom stereocenters. The molecule has 112 valence electrons. The molecular formula is C16H31NO2. The summed E-state index contributed by atoms with van der Waals surface area (Å²) in [4.78, 5) is 0. The van der Waals surface area contributed by atoms with Gasteiger partial charge in [0, 0.05) is 11.1 Å².